The molecule has 4 rings (SSSR count). The van der Waals surface area contributed by atoms with Crippen molar-refractivity contribution < 1.29 is 14.9 Å². The van der Waals surface area contributed by atoms with Gasteiger partial charge in [-0.05, 0) is 18.2 Å². The second kappa shape index (κ2) is 3.55. The fourth-order valence-corrected chi connectivity index (χ4v) is 2.96. The van der Waals surface area contributed by atoms with E-state index in [1.807, 2.05) is 30.5 Å². The van der Waals surface area contributed by atoms with Gasteiger partial charge in [-0.3, -0.25) is 4.90 Å². The summed E-state index contributed by atoms with van der Waals surface area (Å²) in [7, 11) is 0. The summed E-state index contributed by atoms with van der Waals surface area (Å²) in [6.45, 7) is 0.702. The van der Waals surface area contributed by atoms with Gasteiger partial charge in [-0.15, -0.1) is 0 Å². The Morgan fingerprint density at radius 3 is 3.00 bits per heavy atom. The first-order chi connectivity index (χ1) is 8.84. The SMILES string of the molecule is O[C@H]1C[NH+]2C=C3C=CC=CN3C2=C2C=CC=C[NH+]21. The fraction of sp³-hybridized carbons (Fsp3) is 0.143. The molecule has 4 heterocycles. The highest BCUT2D eigenvalue weighted by atomic mass is 16.3. The van der Waals surface area contributed by atoms with Gasteiger partial charge in [0.25, 0.3) is 5.82 Å². The van der Waals surface area contributed by atoms with Crippen molar-refractivity contribution in [2.45, 2.75) is 6.23 Å². The standard InChI is InChI=1S/C14H13N3O/c18-13-10-15-9-11-5-1-3-7-16(11)14(15)12-6-2-4-8-17(12)13/h1-9,13,18H,10H2/p+2/t13-/m0/s1. The molecular formula is C14H15N3O+2. The van der Waals surface area contributed by atoms with Crippen LogP contribution in [-0.2, 0) is 0 Å². The van der Waals surface area contributed by atoms with E-state index in [1.54, 1.807) is 0 Å². The molecule has 0 spiro atoms. The molecule has 18 heavy (non-hydrogen) atoms. The highest BCUT2D eigenvalue weighted by Gasteiger charge is 2.45. The molecule has 0 amide bonds. The van der Waals surface area contributed by atoms with E-state index in [-0.39, 0.29) is 6.23 Å². The molecule has 0 aromatic rings. The van der Waals surface area contributed by atoms with Gasteiger partial charge in [-0.1, -0.05) is 12.2 Å². The summed E-state index contributed by atoms with van der Waals surface area (Å²) in [5.74, 6) is 1.23. The molecular weight excluding hydrogens is 226 g/mol. The van der Waals surface area contributed by atoms with Crippen molar-refractivity contribution in [3.05, 3.63) is 72.3 Å². The van der Waals surface area contributed by atoms with Gasteiger partial charge < -0.3 is 5.11 Å². The maximum Gasteiger partial charge on any atom is 0.278 e. The topological polar surface area (TPSA) is 32.4 Å². The lowest BCUT2D eigenvalue weighted by Crippen LogP contribution is -3.23. The van der Waals surface area contributed by atoms with Crippen molar-refractivity contribution >= 4 is 0 Å². The first-order valence-electron chi connectivity index (χ1n) is 6.21. The van der Waals surface area contributed by atoms with Crippen LogP contribution in [0.25, 0.3) is 0 Å². The largest absolute Gasteiger partial charge is 0.340 e. The molecule has 4 aliphatic rings. The molecule has 3 atom stereocenters. The van der Waals surface area contributed by atoms with Crippen LogP contribution in [0.4, 0.5) is 0 Å². The lowest BCUT2D eigenvalue weighted by Gasteiger charge is -2.31. The Hall–Kier alpha value is -1.88. The Bertz CT molecular complexity index is 580. The molecule has 0 aliphatic carbocycles. The van der Waals surface area contributed by atoms with Gasteiger partial charge >= 0.3 is 0 Å². The lowest BCUT2D eigenvalue weighted by atomic mass is 10.2. The average molecular weight is 241 g/mol. The van der Waals surface area contributed by atoms with E-state index in [0.717, 1.165) is 10.6 Å². The van der Waals surface area contributed by atoms with Crippen molar-refractivity contribution in [2.24, 2.45) is 0 Å². The van der Waals surface area contributed by atoms with Crippen LogP contribution in [0.2, 0.25) is 0 Å². The molecule has 0 radical (unpaired) electrons. The fourth-order valence-electron chi connectivity index (χ4n) is 2.96. The second-order valence-corrected chi connectivity index (χ2v) is 4.82. The predicted octanol–water partition coefficient (Wildman–Crippen LogP) is -1.42. The van der Waals surface area contributed by atoms with Gasteiger partial charge in [0.05, 0.1) is 0 Å². The van der Waals surface area contributed by atoms with E-state index in [4.69, 9.17) is 0 Å². The Morgan fingerprint density at radius 2 is 2.06 bits per heavy atom. The van der Waals surface area contributed by atoms with Gasteiger partial charge in [0.1, 0.15) is 18.1 Å². The summed E-state index contributed by atoms with van der Waals surface area (Å²) in [4.78, 5) is 4.47. The Kier molecular flexibility index (Phi) is 1.99. The van der Waals surface area contributed by atoms with Gasteiger partial charge in [0, 0.05) is 12.3 Å². The highest BCUT2D eigenvalue weighted by Crippen LogP contribution is 2.21. The van der Waals surface area contributed by atoms with Crippen LogP contribution in [0.1, 0.15) is 0 Å². The molecule has 0 saturated heterocycles. The third kappa shape index (κ3) is 1.25. The number of aliphatic hydroxyl groups is 1. The summed E-state index contributed by atoms with van der Waals surface area (Å²) in [5.41, 5.74) is 2.34. The zero-order valence-electron chi connectivity index (χ0n) is 9.88. The van der Waals surface area contributed by atoms with Crippen LogP contribution < -0.4 is 9.80 Å². The molecule has 0 aromatic heterocycles. The first kappa shape index (κ1) is 10.1. The molecule has 4 nitrogen and oxygen atoms in total. The zero-order chi connectivity index (χ0) is 12.1. The van der Waals surface area contributed by atoms with Crippen LogP contribution in [0.5, 0.6) is 0 Å². The van der Waals surface area contributed by atoms with Crippen molar-refractivity contribution in [1.29, 1.82) is 0 Å². The number of allylic oxidation sites excluding steroid dienone is 6. The number of nitrogens with zero attached hydrogens (tertiary/aromatic N) is 1. The Morgan fingerprint density at radius 1 is 1.17 bits per heavy atom. The third-order valence-electron chi connectivity index (χ3n) is 3.75. The minimum Gasteiger partial charge on any atom is -0.340 e. The molecule has 3 N–H and O–H groups in total. The van der Waals surface area contributed by atoms with E-state index in [1.165, 1.54) is 16.4 Å². The summed E-state index contributed by atoms with van der Waals surface area (Å²) in [5, 5.41) is 10.2. The minimum atomic E-state index is -0.383. The van der Waals surface area contributed by atoms with E-state index in [0.29, 0.717) is 6.54 Å². The maximum atomic E-state index is 10.2. The normalized spacial score (nSPS) is 35.5. The lowest BCUT2D eigenvalue weighted by molar-refractivity contribution is -0.941. The van der Waals surface area contributed by atoms with Crippen LogP contribution >= 0.6 is 0 Å². The number of rotatable bonds is 0. The molecule has 0 saturated carbocycles. The Labute approximate surface area is 105 Å². The predicted molar refractivity (Wildman–Crippen MR) is 66.3 cm³/mol. The van der Waals surface area contributed by atoms with Gasteiger partial charge in [-0.25, -0.2) is 9.80 Å². The van der Waals surface area contributed by atoms with Crippen molar-refractivity contribution in [2.75, 3.05) is 6.54 Å². The van der Waals surface area contributed by atoms with E-state index >= 15 is 0 Å². The van der Waals surface area contributed by atoms with Crippen LogP contribution in [0.15, 0.2) is 72.3 Å². The van der Waals surface area contributed by atoms with E-state index in [2.05, 4.69) is 29.5 Å². The number of fused-ring (bicyclic) bond motifs is 4. The monoisotopic (exact) mass is 241 g/mol. The van der Waals surface area contributed by atoms with Crippen LogP contribution in [-0.4, -0.2) is 22.8 Å². The molecule has 0 aromatic carbocycles. The summed E-state index contributed by atoms with van der Waals surface area (Å²) in [6, 6.07) is 0. The van der Waals surface area contributed by atoms with Gasteiger partial charge in [0.2, 0.25) is 11.9 Å². The third-order valence-corrected chi connectivity index (χ3v) is 3.75. The minimum absolute atomic E-state index is 0.383. The molecule has 90 valence electrons. The second-order valence-electron chi connectivity index (χ2n) is 4.82. The molecule has 2 unspecified atom stereocenters. The molecule has 4 aliphatic heterocycles. The van der Waals surface area contributed by atoms with Crippen LogP contribution in [0.3, 0.4) is 0 Å². The average Bonchev–Trinajstić information content (AvgIpc) is 2.77. The number of quaternary nitrogens is 2. The first-order valence-corrected chi connectivity index (χ1v) is 6.21. The summed E-state index contributed by atoms with van der Waals surface area (Å²) < 4.78 is 0. The summed E-state index contributed by atoms with van der Waals surface area (Å²) in [6.07, 6.45) is 18.2. The summed E-state index contributed by atoms with van der Waals surface area (Å²) >= 11 is 0. The van der Waals surface area contributed by atoms with Crippen LogP contribution in [0, 0.1) is 0 Å². The van der Waals surface area contributed by atoms with Gasteiger partial charge in [-0.2, -0.15) is 0 Å². The van der Waals surface area contributed by atoms with Gasteiger partial charge in [0.15, 0.2) is 6.54 Å². The van der Waals surface area contributed by atoms with Crippen molar-refractivity contribution in [3.8, 4) is 0 Å². The highest BCUT2D eigenvalue weighted by molar-refractivity contribution is 5.36. The van der Waals surface area contributed by atoms with E-state index < -0.39 is 0 Å². The molecule has 4 heteroatoms. The van der Waals surface area contributed by atoms with Crippen molar-refractivity contribution in [3.63, 3.8) is 0 Å². The quantitative estimate of drug-likeness (QED) is 0.486. The molecule has 0 fully saturated rings. The maximum absolute atomic E-state index is 10.2. The van der Waals surface area contributed by atoms with Crippen molar-refractivity contribution in [1.82, 2.24) is 4.90 Å². The number of aliphatic hydroxyl groups excluding tert-OH is 1. The smallest absolute Gasteiger partial charge is 0.278 e. The Balaban J connectivity index is 1.88. The molecule has 0 bridgehead atoms. The number of hydrogen-bond acceptors (Lipinski definition) is 2. The zero-order valence-corrected chi connectivity index (χ0v) is 9.88. The number of hydrogen-bond donors (Lipinski definition) is 3. The van der Waals surface area contributed by atoms with E-state index in [9.17, 15) is 5.11 Å². The number of nitrogens with one attached hydrogen (secondary N) is 2.